The van der Waals surface area contributed by atoms with Crippen molar-refractivity contribution in [1.29, 1.82) is 0 Å². The van der Waals surface area contributed by atoms with Crippen LogP contribution < -0.4 is 5.32 Å². The molecule has 19 heavy (non-hydrogen) atoms. The van der Waals surface area contributed by atoms with Gasteiger partial charge in [-0.3, -0.25) is 4.99 Å². The highest BCUT2D eigenvalue weighted by Crippen LogP contribution is 2.37. The van der Waals surface area contributed by atoms with Crippen molar-refractivity contribution < 1.29 is 23.7 Å². The molecule has 5 unspecified atom stereocenters. The number of fused-ring (bicyclic) bond motifs is 1. The zero-order chi connectivity index (χ0) is 14.0. The van der Waals surface area contributed by atoms with Crippen molar-refractivity contribution in [3.8, 4) is 0 Å². The molecule has 0 amide bonds. The summed E-state index contributed by atoms with van der Waals surface area (Å²) in [5.41, 5.74) is -0.547. The molecule has 2 rings (SSSR count). The Bertz CT molecular complexity index is 370. The Labute approximate surface area is 113 Å². The molecule has 2 aliphatic rings. The van der Waals surface area contributed by atoms with Crippen LogP contribution in [-0.2, 0) is 4.74 Å². The number of hydrogen-bond donors (Lipinski definition) is 3. The average Bonchev–Trinajstić information content (AvgIpc) is 2.75. The molecule has 0 aliphatic carbocycles. The van der Waals surface area contributed by atoms with Crippen LogP contribution in [0.4, 0.5) is 8.78 Å². The first kappa shape index (κ1) is 14.7. The summed E-state index contributed by atoms with van der Waals surface area (Å²) in [6.07, 6.45) is -5.16. The third-order valence-electron chi connectivity index (χ3n) is 2.97. The first-order chi connectivity index (χ1) is 9.02. The smallest absolute Gasteiger partial charge is 0.241 e. The molecule has 0 aromatic rings. The van der Waals surface area contributed by atoms with E-state index in [2.05, 4.69) is 16.9 Å². The molecule has 2 aliphatic heterocycles. The lowest BCUT2D eigenvalue weighted by Gasteiger charge is -2.38. The van der Waals surface area contributed by atoms with Crippen molar-refractivity contribution in [2.24, 2.45) is 4.99 Å². The van der Waals surface area contributed by atoms with Gasteiger partial charge in [-0.1, -0.05) is 17.8 Å². The lowest BCUT2D eigenvalue weighted by atomic mass is 9.96. The molecule has 1 fully saturated rings. The van der Waals surface area contributed by atoms with E-state index in [1.807, 2.05) is 0 Å². The Morgan fingerprint density at radius 1 is 1.47 bits per heavy atom. The van der Waals surface area contributed by atoms with Crippen LogP contribution in [0.15, 0.2) is 17.6 Å². The third-order valence-corrected chi connectivity index (χ3v) is 4.07. The number of thioether (sulfide) groups is 1. The van der Waals surface area contributed by atoms with E-state index in [-0.39, 0.29) is 0 Å². The number of nitrogens with one attached hydrogen (secondary N) is 1. The molecular formula is C11H16F2N2O3S. The highest BCUT2D eigenvalue weighted by atomic mass is 32.2. The van der Waals surface area contributed by atoms with E-state index in [0.29, 0.717) is 11.7 Å². The molecule has 0 aromatic heterocycles. The fourth-order valence-electron chi connectivity index (χ4n) is 2.04. The molecule has 5 atom stereocenters. The van der Waals surface area contributed by atoms with E-state index in [9.17, 15) is 19.0 Å². The van der Waals surface area contributed by atoms with Gasteiger partial charge in [-0.2, -0.15) is 0 Å². The van der Waals surface area contributed by atoms with Gasteiger partial charge in [0.05, 0.1) is 6.10 Å². The highest BCUT2D eigenvalue weighted by Gasteiger charge is 2.48. The third kappa shape index (κ3) is 3.25. The average molecular weight is 294 g/mol. The number of amidine groups is 1. The number of halogens is 2. The van der Waals surface area contributed by atoms with E-state index in [4.69, 9.17) is 4.74 Å². The van der Waals surface area contributed by atoms with Gasteiger partial charge < -0.3 is 20.3 Å². The number of alkyl halides is 2. The van der Waals surface area contributed by atoms with Gasteiger partial charge in [0.15, 0.2) is 5.17 Å². The monoisotopic (exact) mass is 294 g/mol. The van der Waals surface area contributed by atoms with Gasteiger partial charge in [-0.25, -0.2) is 8.78 Å². The van der Waals surface area contributed by atoms with Gasteiger partial charge in [0.1, 0.15) is 23.7 Å². The van der Waals surface area contributed by atoms with Crippen molar-refractivity contribution >= 4 is 16.9 Å². The minimum absolute atomic E-state index is 0.504. The van der Waals surface area contributed by atoms with E-state index in [0.717, 1.165) is 0 Å². The maximum atomic E-state index is 12.4. The van der Waals surface area contributed by atoms with Crippen LogP contribution in [0.25, 0.3) is 0 Å². The summed E-state index contributed by atoms with van der Waals surface area (Å²) in [5, 5.41) is 23.2. The Morgan fingerprint density at radius 3 is 2.84 bits per heavy atom. The van der Waals surface area contributed by atoms with Gasteiger partial charge in [0, 0.05) is 13.0 Å². The Kier molecular flexibility index (Phi) is 4.77. The maximum Gasteiger partial charge on any atom is 0.241 e. The van der Waals surface area contributed by atoms with Crippen LogP contribution in [0.3, 0.4) is 0 Å². The Balaban J connectivity index is 2.01. The lowest BCUT2D eigenvalue weighted by molar-refractivity contribution is -0.163. The summed E-state index contributed by atoms with van der Waals surface area (Å²) >= 11 is 1.22. The fourth-order valence-corrected chi connectivity index (χ4v) is 3.17. The minimum Gasteiger partial charge on any atom is -0.388 e. The molecule has 0 aromatic carbocycles. The second-order valence-electron chi connectivity index (χ2n) is 4.36. The molecule has 5 nitrogen and oxygen atoms in total. The summed E-state index contributed by atoms with van der Waals surface area (Å²) in [4.78, 5) is 4.19. The first-order valence-electron chi connectivity index (χ1n) is 5.92. The number of ether oxygens (including phenoxy) is 1. The van der Waals surface area contributed by atoms with Gasteiger partial charge in [0.2, 0.25) is 6.43 Å². The maximum absolute atomic E-state index is 12.4. The molecule has 2 heterocycles. The molecular weight excluding hydrogens is 278 g/mol. The highest BCUT2D eigenvalue weighted by molar-refractivity contribution is 8.14. The second-order valence-corrected chi connectivity index (χ2v) is 5.45. The van der Waals surface area contributed by atoms with Crippen LogP contribution in [-0.4, -0.2) is 58.1 Å². The van der Waals surface area contributed by atoms with Gasteiger partial charge in [0.25, 0.3) is 0 Å². The van der Waals surface area contributed by atoms with Crippen LogP contribution >= 0.6 is 11.8 Å². The summed E-state index contributed by atoms with van der Waals surface area (Å²) < 4.78 is 30.2. The van der Waals surface area contributed by atoms with Crippen molar-refractivity contribution in [3.05, 3.63) is 12.7 Å². The quantitative estimate of drug-likeness (QED) is 0.652. The summed E-state index contributed by atoms with van der Waals surface area (Å²) in [6, 6.07) is -0.638. The summed E-state index contributed by atoms with van der Waals surface area (Å²) in [6.45, 7) is 4.06. The number of hydrogen-bond acceptors (Lipinski definition) is 6. The molecule has 0 spiro atoms. The van der Waals surface area contributed by atoms with Crippen molar-refractivity contribution in [2.75, 3.05) is 6.54 Å². The molecule has 0 saturated carbocycles. The molecule has 108 valence electrons. The van der Waals surface area contributed by atoms with Crippen LogP contribution in [0.5, 0.6) is 0 Å². The van der Waals surface area contributed by atoms with Gasteiger partial charge >= 0.3 is 0 Å². The lowest BCUT2D eigenvalue weighted by Crippen LogP contribution is -2.55. The molecule has 8 heteroatoms. The largest absolute Gasteiger partial charge is 0.388 e. The number of aliphatic hydroxyl groups excluding tert-OH is 2. The predicted octanol–water partition coefficient (Wildman–Crippen LogP) is 0.335. The molecule has 3 N–H and O–H groups in total. The number of nitrogens with zero attached hydrogens (tertiary/aromatic N) is 1. The normalized spacial score (nSPS) is 37.9. The Hall–Kier alpha value is -0.700. The minimum atomic E-state index is -2.59. The van der Waals surface area contributed by atoms with Crippen molar-refractivity contribution in [2.45, 2.75) is 42.6 Å². The number of aliphatic hydroxyl groups is 2. The van der Waals surface area contributed by atoms with E-state index < -0.39 is 42.6 Å². The van der Waals surface area contributed by atoms with Crippen molar-refractivity contribution in [3.63, 3.8) is 0 Å². The number of aliphatic imine (C=N–C) groups is 1. The van der Waals surface area contributed by atoms with E-state index in [1.165, 1.54) is 11.8 Å². The standard InChI is InChI=1S/C11H16F2N2O3S/c1-2-3-14-11-15-7-9(17)8(16)5(4-6(12)13)18-10(7)19-11/h2,5-10,16-17H,1,3-4H2,(H,14,15). The SMILES string of the molecule is C=CCNC1=NC2C(OC(CC(F)F)C(O)C2O)S1. The van der Waals surface area contributed by atoms with Crippen LogP contribution in [0.2, 0.25) is 0 Å². The van der Waals surface area contributed by atoms with Crippen molar-refractivity contribution in [1.82, 2.24) is 5.32 Å². The predicted molar refractivity (Wildman–Crippen MR) is 68.3 cm³/mol. The second kappa shape index (κ2) is 6.17. The zero-order valence-electron chi connectivity index (χ0n) is 10.1. The van der Waals surface area contributed by atoms with Crippen LogP contribution in [0.1, 0.15) is 6.42 Å². The molecule has 0 bridgehead atoms. The topological polar surface area (TPSA) is 74.1 Å². The first-order valence-corrected chi connectivity index (χ1v) is 6.80. The van der Waals surface area contributed by atoms with Gasteiger partial charge in [-0.15, -0.1) is 6.58 Å². The number of rotatable bonds is 4. The molecule has 0 radical (unpaired) electrons. The fraction of sp³-hybridized carbons (Fsp3) is 0.727. The summed E-state index contributed by atoms with van der Waals surface area (Å²) in [7, 11) is 0. The van der Waals surface area contributed by atoms with E-state index >= 15 is 0 Å². The van der Waals surface area contributed by atoms with Crippen LogP contribution in [0, 0.1) is 0 Å². The summed E-state index contributed by atoms with van der Waals surface area (Å²) in [5.74, 6) is 0. The van der Waals surface area contributed by atoms with E-state index in [1.54, 1.807) is 6.08 Å². The Morgan fingerprint density at radius 2 is 2.21 bits per heavy atom. The van der Waals surface area contributed by atoms with Gasteiger partial charge in [-0.05, 0) is 0 Å². The zero-order valence-corrected chi connectivity index (χ0v) is 10.9. The molecule has 1 saturated heterocycles.